The van der Waals surface area contributed by atoms with Crippen LogP contribution in [0.15, 0.2) is 36.0 Å². The van der Waals surface area contributed by atoms with Crippen LogP contribution in [0.5, 0.6) is 5.75 Å². The number of benzene rings is 1. The van der Waals surface area contributed by atoms with E-state index in [1.54, 1.807) is 39.1 Å². The first-order valence-corrected chi connectivity index (χ1v) is 6.93. The average molecular weight is 317 g/mol. The highest BCUT2D eigenvalue weighted by molar-refractivity contribution is 5.99. The second-order valence-electron chi connectivity index (χ2n) is 5.32. The molecule has 1 unspecified atom stereocenters. The lowest BCUT2D eigenvalue weighted by Crippen LogP contribution is -2.44. The predicted octanol–water partition coefficient (Wildman–Crippen LogP) is 1.46. The summed E-state index contributed by atoms with van der Waals surface area (Å²) in [5.41, 5.74) is 0.439. The van der Waals surface area contributed by atoms with E-state index < -0.39 is 17.9 Å². The lowest BCUT2D eigenvalue weighted by molar-refractivity contribution is -0.142. The molecule has 3 N–H and O–H groups in total. The molecule has 0 heterocycles. The van der Waals surface area contributed by atoms with Gasteiger partial charge in [0.25, 0.3) is 5.91 Å². The molecule has 0 aliphatic heterocycles. The Labute approximate surface area is 134 Å². The van der Waals surface area contributed by atoms with Crippen LogP contribution in [-0.4, -0.2) is 35.2 Å². The van der Waals surface area contributed by atoms with Gasteiger partial charge in [-0.2, -0.15) is 5.26 Å². The van der Waals surface area contributed by atoms with Gasteiger partial charge in [-0.05, 0) is 30.2 Å². The molecule has 0 aliphatic rings. The third-order valence-electron chi connectivity index (χ3n) is 3.16. The highest BCUT2D eigenvalue weighted by Crippen LogP contribution is 2.18. The first kappa shape index (κ1) is 18.0. The van der Waals surface area contributed by atoms with Crippen molar-refractivity contribution in [3.63, 3.8) is 0 Å². The molecule has 23 heavy (non-hydrogen) atoms. The molecule has 0 bridgehead atoms. The second kappa shape index (κ2) is 7.84. The Morgan fingerprint density at radius 2 is 1.87 bits per heavy atom. The van der Waals surface area contributed by atoms with E-state index in [4.69, 9.17) is 10.4 Å². The number of aromatic hydroxyl groups is 1. The molecule has 0 saturated heterocycles. The number of carboxylic acid groups (broad SMARTS) is 1. The molecule has 122 valence electrons. The van der Waals surface area contributed by atoms with Crippen LogP contribution in [0, 0.1) is 17.2 Å². The second-order valence-corrected chi connectivity index (χ2v) is 5.32. The fourth-order valence-electron chi connectivity index (χ4n) is 1.83. The smallest absolute Gasteiger partial charge is 0.326 e. The number of rotatable bonds is 6. The van der Waals surface area contributed by atoms with Gasteiger partial charge in [0.15, 0.2) is 0 Å². The summed E-state index contributed by atoms with van der Waals surface area (Å²) >= 11 is 0. The van der Waals surface area contributed by atoms with Gasteiger partial charge >= 0.3 is 5.97 Å². The SMILES string of the molecule is CC(C)C(NC(=O)/C(C#N)=C\N(C)c1ccc(O)cc1)C(=O)O. The maximum atomic E-state index is 12.1. The average Bonchev–Trinajstić information content (AvgIpc) is 2.49. The summed E-state index contributed by atoms with van der Waals surface area (Å²) in [6.07, 6.45) is 1.31. The number of phenolic OH excluding ortho intramolecular Hbond substituents is 1. The summed E-state index contributed by atoms with van der Waals surface area (Å²) < 4.78 is 0. The van der Waals surface area contributed by atoms with Crippen LogP contribution in [0.25, 0.3) is 0 Å². The van der Waals surface area contributed by atoms with E-state index >= 15 is 0 Å². The van der Waals surface area contributed by atoms with Gasteiger partial charge in [0.2, 0.25) is 0 Å². The van der Waals surface area contributed by atoms with E-state index in [9.17, 15) is 14.7 Å². The van der Waals surface area contributed by atoms with Crippen molar-refractivity contribution in [1.82, 2.24) is 5.32 Å². The minimum absolute atomic E-state index is 0.102. The molecule has 0 aliphatic carbocycles. The molecule has 0 spiro atoms. The standard InChI is InChI=1S/C16H19N3O4/c1-10(2)14(16(22)23)18-15(21)11(8-17)9-19(3)12-4-6-13(20)7-5-12/h4-7,9-10,14,20H,1-3H3,(H,18,21)(H,22,23)/b11-9-. The highest BCUT2D eigenvalue weighted by Gasteiger charge is 2.25. The summed E-state index contributed by atoms with van der Waals surface area (Å²) in [7, 11) is 1.63. The molecule has 1 amide bonds. The van der Waals surface area contributed by atoms with Gasteiger partial charge < -0.3 is 20.4 Å². The number of aliphatic carboxylic acids is 1. The number of nitrogens with zero attached hydrogens (tertiary/aromatic N) is 2. The maximum Gasteiger partial charge on any atom is 0.326 e. The van der Waals surface area contributed by atoms with Crippen LogP contribution in [0.1, 0.15) is 13.8 Å². The van der Waals surface area contributed by atoms with Gasteiger partial charge in [0.1, 0.15) is 23.4 Å². The minimum atomic E-state index is -1.16. The number of carbonyl (C=O) groups is 2. The zero-order chi connectivity index (χ0) is 17.6. The van der Waals surface area contributed by atoms with Crippen LogP contribution in [0.3, 0.4) is 0 Å². The van der Waals surface area contributed by atoms with Crippen LogP contribution < -0.4 is 10.2 Å². The van der Waals surface area contributed by atoms with Crippen LogP contribution in [0.4, 0.5) is 5.69 Å². The lowest BCUT2D eigenvalue weighted by atomic mass is 10.0. The number of amides is 1. The summed E-state index contributed by atoms with van der Waals surface area (Å²) in [6, 6.07) is 6.88. The molecular weight excluding hydrogens is 298 g/mol. The van der Waals surface area contributed by atoms with Crippen molar-refractivity contribution in [3.8, 4) is 11.8 Å². The van der Waals surface area contributed by atoms with E-state index in [1.807, 2.05) is 0 Å². The van der Waals surface area contributed by atoms with Crippen LogP contribution >= 0.6 is 0 Å². The maximum absolute atomic E-state index is 12.1. The first-order chi connectivity index (χ1) is 10.8. The molecule has 7 nitrogen and oxygen atoms in total. The van der Waals surface area contributed by atoms with Crippen molar-refractivity contribution in [2.24, 2.45) is 5.92 Å². The van der Waals surface area contributed by atoms with Gasteiger partial charge in [-0.25, -0.2) is 4.79 Å². The summed E-state index contributed by atoms with van der Waals surface area (Å²) in [6.45, 7) is 3.33. The number of carboxylic acids is 1. The molecule has 0 saturated carbocycles. The normalized spacial score (nSPS) is 12.4. The zero-order valence-corrected chi connectivity index (χ0v) is 13.1. The predicted molar refractivity (Wildman–Crippen MR) is 84.6 cm³/mol. The number of phenols is 1. The number of hydrogen-bond donors (Lipinski definition) is 3. The number of anilines is 1. The van der Waals surface area contributed by atoms with Crippen LogP contribution in [0.2, 0.25) is 0 Å². The molecule has 1 atom stereocenters. The van der Waals surface area contributed by atoms with Gasteiger partial charge in [0.05, 0.1) is 0 Å². The van der Waals surface area contributed by atoms with Crippen molar-refractivity contribution < 1.29 is 19.8 Å². The Balaban J connectivity index is 2.93. The minimum Gasteiger partial charge on any atom is -0.508 e. The van der Waals surface area contributed by atoms with Gasteiger partial charge in [0, 0.05) is 18.9 Å². The monoisotopic (exact) mass is 317 g/mol. The van der Waals surface area contributed by atoms with Gasteiger partial charge in [-0.15, -0.1) is 0 Å². The van der Waals surface area contributed by atoms with E-state index in [-0.39, 0.29) is 17.2 Å². The topological polar surface area (TPSA) is 114 Å². The third kappa shape index (κ3) is 5.04. The molecule has 1 aromatic carbocycles. The van der Waals surface area contributed by atoms with Crippen molar-refractivity contribution in [3.05, 3.63) is 36.0 Å². The molecule has 0 fully saturated rings. The molecule has 1 aromatic rings. The van der Waals surface area contributed by atoms with Crippen molar-refractivity contribution in [2.45, 2.75) is 19.9 Å². The molecule has 7 heteroatoms. The van der Waals surface area contributed by atoms with Gasteiger partial charge in [-0.3, -0.25) is 4.79 Å². The van der Waals surface area contributed by atoms with E-state index in [0.717, 1.165) is 0 Å². The lowest BCUT2D eigenvalue weighted by Gasteiger charge is -2.19. The van der Waals surface area contributed by atoms with E-state index in [2.05, 4.69) is 5.32 Å². The summed E-state index contributed by atoms with van der Waals surface area (Å²) in [5.74, 6) is -2.12. The Hall–Kier alpha value is -3.01. The third-order valence-corrected chi connectivity index (χ3v) is 3.16. The number of hydrogen-bond acceptors (Lipinski definition) is 5. The Morgan fingerprint density at radius 3 is 2.30 bits per heavy atom. The molecule has 0 radical (unpaired) electrons. The Kier molecular flexibility index (Phi) is 6.15. The highest BCUT2D eigenvalue weighted by atomic mass is 16.4. The van der Waals surface area contributed by atoms with Crippen LogP contribution in [-0.2, 0) is 9.59 Å². The van der Waals surface area contributed by atoms with Crippen molar-refractivity contribution >= 4 is 17.6 Å². The summed E-state index contributed by atoms with van der Waals surface area (Å²) in [5, 5.41) is 29.8. The zero-order valence-electron chi connectivity index (χ0n) is 13.1. The quantitative estimate of drug-likeness (QED) is 0.541. The number of carbonyl (C=O) groups excluding carboxylic acids is 1. The molecule has 1 rings (SSSR count). The van der Waals surface area contributed by atoms with Crippen molar-refractivity contribution in [1.29, 1.82) is 5.26 Å². The fraction of sp³-hybridized carbons (Fsp3) is 0.312. The molecule has 0 aromatic heterocycles. The Bertz CT molecular complexity index is 644. The first-order valence-electron chi connectivity index (χ1n) is 6.93. The van der Waals surface area contributed by atoms with E-state index in [1.165, 1.54) is 23.2 Å². The molecular formula is C16H19N3O4. The van der Waals surface area contributed by atoms with E-state index in [0.29, 0.717) is 5.69 Å². The largest absolute Gasteiger partial charge is 0.508 e. The number of nitrogens with one attached hydrogen (secondary N) is 1. The van der Waals surface area contributed by atoms with Gasteiger partial charge in [-0.1, -0.05) is 13.8 Å². The fourth-order valence-corrected chi connectivity index (χ4v) is 1.83. The number of nitriles is 1. The van der Waals surface area contributed by atoms with Crippen molar-refractivity contribution in [2.75, 3.05) is 11.9 Å². The summed E-state index contributed by atoms with van der Waals surface area (Å²) in [4.78, 5) is 24.7. The Morgan fingerprint density at radius 1 is 1.30 bits per heavy atom.